The maximum absolute atomic E-state index is 11.0. The normalized spacial score (nSPS) is 12.2. The van der Waals surface area contributed by atoms with E-state index >= 15 is 0 Å². The van der Waals surface area contributed by atoms with Crippen LogP contribution in [0.25, 0.3) is 0 Å². The minimum atomic E-state index is -0.532. The predicted octanol–water partition coefficient (Wildman–Crippen LogP) is 3.52. The number of unbranched alkanes of at least 4 members (excludes halogenated alkanes) is 3. The second kappa shape index (κ2) is 8.85. The van der Waals surface area contributed by atoms with Crippen LogP contribution in [0.1, 0.15) is 52.9 Å². The van der Waals surface area contributed by atoms with Crippen LogP contribution in [0.5, 0.6) is 0 Å². The number of hydrogen-bond acceptors (Lipinski definition) is 3. The summed E-state index contributed by atoms with van der Waals surface area (Å²) >= 11 is 0. The Morgan fingerprint density at radius 3 is 2.50 bits per heavy atom. The molecule has 0 rings (SSSR count). The van der Waals surface area contributed by atoms with Gasteiger partial charge in [0.15, 0.2) is 0 Å². The molecule has 0 fully saturated rings. The summed E-state index contributed by atoms with van der Waals surface area (Å²) in [6.07, 6.45) is 4.69. The highest BCUT2D eigenvalue weighted by atomic mass is 16.7. The molecule has 0 saturated heterocycles. The standard InChI is InChI=1S/C11H22O3/c1-4-6-7-8-9-13-11(12)14-10(3)5-2/h10H,4-9H2,1-3H3. The Bertz CT molecular complexity index is 145. The van der Waals surface area contributed by atoms with Crippen LogP contribution in [0, 0.1) is 0 Å². The first-order chi connectivity index (χ1) is 6.70. The lowest BCUT2D eigenvalue weighted by Gasteiger charge is -2.10. The van der Waals surface area contributed by atoms with E-state index in [2.05, 4.69) is 6.92 Å². The molecule has 0 bridgehead atoms. The lowest BCUT2D eigenvalue weighted by Crippen LogP contribution is -2.15. The first-order valence-corrected chi connectivity index (χ1v) is 5.54. The van der Waals surface area contributed by atoms with Crippen molar-refractivity contribution in [3.05, 3.63) is 0 Å². The molecule has 0 aliphatic heterocycles. The zero-order valence-corrected chi connectivity index (χ0v) is 9.54. The van der Waals surface area contributed by atoms with Crippen LogP contribution in [-0.4, -0.2) is 18.9 Å². The number of hydrogen-bond donors (Lipinski definition) is 0. The number of ether oxygens (including phenoxy) is 2. The van der Waals surface area contributed by atoms with Crippen LogP contribution < -0.4 is 0 Å². The fraction of sp³-hybridized carbons (Fsp3) is 0.909. The fourth-order valence-electron chi connectivity index (χ4n) is 0.966. The quantitative estimate of drug-likeness (QED) is 0.468. The average Bonchev–Trinajstić information content (AvgIpc) is 2.17. The van der Waals surface area contributed by atoms with Crippen molar-refractivity contribution in [1.29, 1.82) is 0 Å². The van der Waals surface area contributed by atoms with E-state index in [1.165, 1.54) is 12.8 Å². The number of carbonyl (C=O) groups is 1. The first-order valence-electron chi connectivity index (χ1n) is 5.54. The molecule has 0 heterocycles. The fourth-order valence-corrected chi connectivity index (χ4v) is 0.966. The summed E-state index contributed by atoms with van der Waals surface area (Å²) in [5.41, 5.74) is 0. The Hall–Kier alpha value is -0.730. The zero-order chi connectivity index (χ0) is 10.8. The van der Waals surface area contributed by atoms with Gasteiger partial charge in [0.25, 0.3) is 0 Å². The van der Waals surface area contributed by atoms with Gasteiger partial charge in [0.2, 0.25) is 0 Å². The third-order valence-corrected chi connectivity index (χ3v) is 2.09. The van der Waals surface area contributed by atoms with Crippen LogP contribution in [0.3, 0.4) is 0 Å². The van der Waals surface area contributed by atoms with Gasteiger partial charge in [-0.3, -0.25) is 0 Å². The van der Waals surface area contributed by atoms with Gasteiger partial charge in [-0.15, -0.1) is 0 Å². The molecular formula is C11H22O3. The van der Waals surface area contributed by atoms with Crippen LogP contribution in [0.4, 0.5) is 4.79 Å². The van der Waals surface area contributed by atoms with Crippen LogP contribution in [0.15, 0.2) is 0 Å². The smallest absolute Gasteiger partial charge is 0.434 e. The molecule has 0 amide bonds. The number of rotatable bonds is 7. The molecule has 0 spiro atoms. The third kappa shape index (κ3) is 7.90. The summed E-state index contributed by atoms with van der Waals surface area (Å²) < 4.78 is 9.84. The van der Waals surface area contributed by atoms with Gasteiger partial charge in [-0.25, -0.2) is 4.79 Å². The molecule has 1 atom stereocenters. The maximum Gasteiger partial charge on any atom is 0.508 e. The van der Waals surface area contributed by atoms with Gasteiger partial charge in [-0.1, -0.05) is 33.1 Å². The molecule has 0 aromatic heterocycles. The Balaban J connectivity index is 3.27. The van der Waals surface area contributed by atoms with Gasteiger partial charge in [0.05, 0.1) is 6.61 Å². The predicted molar refractivity (Wildman–Crippen MR) is 56.3 cm³/mol. The molecule has 1 unspecified atom stereocenters. The molecule has 0 N–H and O–H groups in total. The van der Waals surface area contributed by atoms with Gasteiger partial charge in [-0.2, -0.15) is 0 Å². The summed E-state index contributed by atoms with van der Waals surface area (Å²) in [5.74, 6) is 0. The summed E-state index contributed by atoms with van der Waals surface area (Å²) in [6, 6.07) is 0. The van der Waals surface area contributed by atoms with E-state index in [1.54, 1.807) is 0 Å². The van der Waals surface area contributed by atoms with Crippen molar-refractivity contribution in [1.82, 2.24) is 0 Å². The van der Waals surface area contributed by atoms with E-state index in [0.29, 0.717) is 6.61 Å². The van der Waals surface area contributed by atoms with Crippen molar-refractivity contribution < 1.29 is 14.3 Å². The average molecular weight is 202 g/mol. The van der Waals surface area contributed by atoms with E-state index < -0.39 is 6.16 Å². The topological polar surface area (TPSA) is 35.5 Å². The molecule has 0 radical (unpaired) electrons. The highest BCUT2D eigenvalue weighted by Gasteiger charge is 2.07. The highest BCUT2D eigenvalue weighted by Crippen LogP contribution is 2.02. The minimum absolute atomic E-state index is 0.0434. The minimum Gasteiger partial charge on any atom is -0.434 e. The Kier molecular flexibility index (Phi) is 8.39. The molecule has 3 heteroatoms. The molecule has 0 aromatic rings. The Labute approximate surface area is 86.8 Å². The van der Waals surface area contributed by atoms with Gasteiger partial charge in [-0.05, 0) is 19.8 Å². The van der Waals surface area contributed by atoms with E-state index in [9.17, 15) is 4.79 Å². The maximum atomic E-state index is 11.0. The van der Waals surface area contributed by atoms with Gasteiger partial charge in [0.1, 0.15) is 6.10 Å². The van der Waals surface area contributed by atoms with Crippen molar-refractivity contribution in [2.24, 2.45) is 0 Å². The van der Waals surface area contributed by atoms with Crippen molar-refractivity contribution in [2.45, 2.75) is 59.0 Å². The molecule has 0 aliphatic rings. The van der Waals surface area contributed by atoms with Gasteiger partial charge < -0.3 is 9.47 Å². The van der Waals surface area contributed by atoms with Crippen LogP contribution >= 0.6 is 0 Å². The van der Waals surface area contributed by atoms with Crippen molar-refractivity contribution >= 4 is 6.16 Å². The van der Waals surface area contributed by atoms with E-state index in [1.807, 2.05) is 13.8 Å². The molecule has 14 heavy (non-hydrogen) atoms. The molecule has 0 aromatic carbocycles. The van der Waals surface area contributed by atoms with E-state index in [4.69, 9.17) is 9.47 Å². The molecular weight excluding hydrogens is 180 g/mol. The lowest BCUT2D eigenvalue weighted by atomic mass is 10.2. The Morgan fingerprint density at radius 1 is 1.21 bits per heavy atom. The van der Waals surface area contributed by atoms with Crippen molar-refractivity contribution in [3.8, 4) is 0 Å². The van der Waals surface area contributed by atoms with Crippen molar-refractivity contribution in [3.63, 3.8) is 0 Å². The summed E-state index contributed by atoms with van der Waals surface area (Å²) in [6.45, 7) is 6.46. The van der Waals surface area contributed by atoms with E-state index in [0.717, 1.165) is 19.3 Å². The molecule has 0 aliphatic carbocycles. The second-order valence-electron chi connectivity index (χ2n) is 3.50. The summed E-state index contributed by atoms with van der Waals surface area (Å²) in [4.78, 5) is 11.0. The molecule has 3 nitrogen and oxygen atoms in total. The largest absolute Gasteiger partial charge is 0.508 e. The highest BCUT2D eigenvalue weighted by molar-refractivity contribution is 5.59. The van der Waals surface area contributed by atoms with Gasteiger partial charge >= 0.3 is 6.16 Å². The lowest BCUT2D eigenvalue weighted by molar-refractivity contribution is 0.0273. The van der Waals surface area contributed by atoms with E-state index in [-0.39, 0.29) is 6.10 Å². The first kappa shape index (κ1) is 13.3. The van der Waals surface area contributed by atoms with Crippen molar-refractivity contribution in [2.75, 3.05) is 6.61 Å². The molecule has 84 valence electrons. The third-order valence-electron chi connectivity index (χ3n) is 2.09. The molecule has 0 saturated carbocycles. The monoisotopic (exact) mass is 202 g/mol. The zero-order valence-electron chi connectivity index (χ0n) is 9.54. The summed E-state index contributed by atoms with van der Waals surface area (Å²) in [7, 11) is 0. The van der Waals surface area contributed by atoms with Crippen LogP contribution in [0.2, 0.25) is 0 Å². The second-order valence-corrected chi connectivity index (χ2v) is 3.50. The summed E-state index contributed by atoms with van der Waals surface area (Å²) in [5, 5.41) is 0. The van der Waals surface area contributed by atoms with Gasteiger partial charge in [0, 0.05) is 0 Å². The SMILES string of the molecule is CCCCCCOC(=O)OC(C)CC. The Morgan fingerprint density at radius 2 is 1.93 bits per heavy atom. The number of carbonyl (C=O) groups excluding carboxylic acids is 1. The van der Waals surface area contributed by atoms with Crippen LogP contribution in [-0.2, 0) is 9.47 Å².